The molecular formula is C17H30IN5O4. The highest BCUT2D eigenvalue weighted by Crippen LogP contribution is 2.30. The number of piperidine rings is 1. The van der Waals surface area contributed by atoms with Crippen LogP contribution < -0.4 is 16.0 Å². The summed E-state index contributed by atoms with van der Waals surface area (Å²) in [5.74, 6) is 0.754. The lowest BCUT2D eigenvalue weighted by Crippen LogP contribution is -2.55. The summed E-state index contributed by atoms with van der Waals surface area (Å²) < 4.78 is 11.1. The zero-order valence-electron chi connectivity index (χ0n) is 16.0. The van der Waals surface area contributed by atoms with E-state index in [1.807, 2.05) is 13.8 Å². The standard InChI is InChI=1S/C17H29N5O4.HI/c1-3-18-15(19-10-13-11-25-8-9-26-13)22-6-4-12(5-7-22)17(2)14(23)20-16(24)21-17;/h12-13H,3-11H2,1-2H3,(H,18,19)(H2,20,21,23,24);1H. The summed E-state index contributed by atoms with van der Waals surface area (Å²) in [7, 11) is 0. The summed E-state index contributed by atoms with van der Waals surface area (Å²) in [5.41, 5.74) is -0.814. The van der Waals surface area contributed by atoms with Crippen molar-refractivity contribution in [2.75, 3.05) is 46.0 Å². The van der Waals surface area contributed by atoms with Gasteiger partial charge < -0.3 is 25.0 Å². The molecule has 10 heteroatoms. The Morgan fingerprint density at radius 1 is 1.33 bits per heavy atom. The molecule has 27 heavy (non-hydrogen) atoms. The molecule has 3 heterocycles. The van der Waals surface area contributed by atoms with Crippen molar-refractivity contribution in [1.29, 1.82) is 0 Å². The molecule has 0 aromatic heterocycles. The summed E-state index contributed by atoms with van der Waals surface area (Å²) in [4.78, 5) is 30.5. The van der Waals surface area contributed by atoms with E-state index in [-0.39, 0.29) is 41.9 Å². The Morgan fingerprint density at radius 2 is 2.07 bits per heavy atom. The van der Waals surface area contributed by atoms with Gasteiger partial charge in [0.25, 0.3) is 5.91 Å². The number of nitrogens with zero attached hydrogens (tertiary/aromatic N) is 2. The first kappa shape index (κ1) is 22.2. The van der Waals surface area contributed by atoms with Crippen LogP contribution in [0.1, 0.15) is 26.7 Å². The Kier molecular flexibility index (Phi) is 8.10. The molecule has 0 saturated carbocycles. The maximum Gasteiger partial charge on any atom is 0.322 e. The Hall–Kier alpha value is -1.14. The molecule has 9 nitrogen and oxygen atoms in total. The first-order valence-corrected chi connectivity index (χ1v) is 9.39. The van der Waals surface area contributed by atoms with Crippen LogP contribution in [-0.2, 0) is 14.3 Å². The quantitative estimate of drug-likeness (QED) is 0.224. The second-order valence-electron chi connectivity index (χ2n) is 7.13. The van der Waals surface area contributed by atoms with E-state index in [0.717, 1.165) is 38.4 Å². The molecule has 3 N–H and O–H groups in total. The number of nitrogens with one attached hydrogen (secondary N) is 3. The average Bonchev–Trinajstić information content (AvgIpc) is 2.92. The third kappa shape index (κ3) is 5.23. The van der Waals surface area contributed by atoms with E-state index in [1.165, 1.54) is 0 Å². The van der Waals surface area contributed by atoms with Gasteiger partial charge in [0.05, 0.1) is 26.4 Å². The van der Waals surface area contributed by atoms with Crippen LogP contribution in [0.3, 0.4) is 0 Å². The van der Waals surface area contributed by atoms with Gasteiger partial charge in [0.1, 0.15) is 11.6 Å². The average molecular weight is 495 g/mol. The van der Waals surface area contributed by atoms with Gasteiger partial charge in [-0.2, -0.15) is 0 Å². The predicted molar refractivity (Wildman–Crippen MR) is 111 cm³/mol. The van der Waals surface area contributed by atoms with Crippen molar-refractivity contribution in [3.63, 3.8) is 0 Å². The number of halogens is 1. The van der Waals surface area contributed by atoms with E-state index in [2.05, 4.69) is 20.9 Å². The molecule has 3 fully saturated rings. The lowest BCUT2D eigenvalue weighted by atomic mass is 9.79. The monoisotopic (exact) mass is 495 g/mol. The third-order valence-corrected chi connectivity index (χ3v) is 5.35. The number of carbonyl (C=O) groups is 2. The smallest absolute Gasteiger partial charge is 0.322 e. The van der Waals surface area contributed by atoms with Crippen molar-refractivity contribution in [2.45, 2.75) is 38.3 Å². The molecule has 0 bridgehead atoms. The van der Waals surface area contributed by atoms with Gasteiger partial charge in [-0.1, -0.05) is 0 Å². The number of urea groups is 1. The summed E-state index contributed by atoms with van der Waals surface area (Å²) in [5, 5.41) is 8.48. The number of ether oxygens (including phenoxy) is 2. The molecule has 3 aliphatic heterocycles. The molecule has 0 aromatic carbocycles. The highest BCUT2D eigenvalue weighted by Gasteiger charge is 2.48. The minimum absolute atomic E-state index is 0. The molecule has 3 amide bonds. The van der Waals surface area contributed by atoms with Crippen molar-refractivity contribution in [3.05, 3.63) is 0 Å². The third-order valence-electron chi connectivity index (χ3n) is 5.35. The van der Waals surface area contributed by atoms with E-state index in [1.54, 1.807) is 0 Å². The highest BCUT2D eigenvalue weighted by molar-refractivity contribution is 14.0. The van der Waals surface area contributed by atoms with Gasteiger partial charge in [-0.25, -0.2) is 4.79 Å². The molecule has 3 rings (SSSR count). The van der Waals surface area contributed by atoms with Crippen molar-refractivity contribution in [3.8, 4) is 0 Å². The molecule has 0 aliphatic carbocycles. The van der Waals surface area contributed by atoms with E-state index in [4.69, 9.17) is 14.5 Å². The zero-order chi connectivity index (χ0) is 18.6. The van der Waals surface area contributed by atoms with Gasteiger partial charge >= 0.3 is 6.03 Å². The number of guanidine groups is 1. The molecule has 3 saturated heterocycles. The number of hydrogen-bond acceptors (Lipinski definition) is 5. The van der Waals surface area contributed by atoms with Gasteiger partial charge in [-0.05, 0) is 32.6 Å². The van der Waals surface area contributed by atoms with Crippen molar-refractivity contribution in [2.24, 2.45) is 10.9 Å². The van der Waals surface area contributed by atoms with Crippen LogP contribution in [0, 0.1) is 5.92 Å². The minimum Gasteiger partial charge on any atom is -0.376 e. The van der Waals surface area contributed by atoms with Crippen LogP contribution in [0.2, 0.25) is 0 Å². The van der Waals surface area contributed by atoms with Gasteiger partial charge in [0, 0.05) is 19.6 Å². The molecule has 0 radical (unpaired) electrons. The first-order chi connectivity index (χ1) is 12.5. The van der Waals surface area contributed by atoms with Crippen LogP contribution in [-0.4, -0.2) is 80.4 Å². The van der Waals surface area contributed by atoms with E-state index in [9.17, 15) is 9.59 Å². The van der Waals surface area contributed by atoms with Crippen LogP contribution in [0.25, 0.3) is 0 Å². The molecule has 0 spiro atoms. The number of rotatable bonds is 4. The number of amides is 3. The van der Waals surface area contributed by atoms with Crippen LogP contribution in [0.4, 0.5) is 4.79 Å². The number of hydrogen-bond donors (Lipinski definition) is 3. The summed E-state index contributed by atoms with van der Waals surface area (Å²) in [6.07, 6.45) is 1.64. The zero-order valence-corrected chi connectivity index (χ0v) is 18.3. The summed E-state index contributed by atoms with van der Waals surface area (Å²) in [6, 6.07) is -0.399. The SMILES string of the molecule is CCNC(=NCC1COCCO1)N1CCC(C2(C)NC(=O)NC2=O)CC1.I. The number of likely N-dealkylation sites (tertiary alicyclic amines) is 1. The number of imide groups is 1. The molecule has 3 aliphatic rings. The Morgan fingerprint density at radius 3 is 2.63 bits per heavy atom. The van der Waals surface area contributed by atoms with Gasteiger partial charge in [0.15, 0.2) is 5.96 Å². The van der Waals surface area contributed by atoms with Gasteiger partial charge in [-0.3, -0.25) is 15.1 Å². The van der Waals surface area contributed by atoms with Crippen molar-refractivity contribution < 1.29 is 19.1 Å². The normalized spacial score (nSPS) is 29.8. The lowest BCUT2D eigenvalue weighted by molar-refractivity contribution is -0.125. The lowest BCUT2D eigenvalue weighted by Gasteiger charge is -2.39. The Bertz CT molecular complexity index is 562. The molecule has 2 atom stereocenters. The fourth-order valence-electron chi connectivity index (χ4n) is 3.77. The van der Waals surface area contributed by atoms with Crippen LogP contribution >= 0.6 is 24.0 Å². The second-order valence-corrected chi connectivity index (χ2v) is 7.13. The number of aliphatic imine (C=N–C) groups is 1. The van der Waals surface area contributed by atoms with E-state index >= 15 is 0 Å². The van der Waals surface area contributed by atoms with Crippen molar-refractivity contribution in [1.82, 2.24) is 20.9 Å². The molecule has 0 aromatic rings. The summed E-state index contributed by atoms with van der Waals surface area (Å²) >= 11 is 0. The molecular weight excluding hydrogens is 465 g/mol. The minimum atomic E-state index is -0.814. The maximum atomic E-state index is 12.1. The molecule has 154 valence electrons. The largest absolute Gasteiger partial charge is 0.376 e. The van der Waals surface area contributed by atoms with Crippen LogP contribution in [0.5, 0.6) is 0 Å². The fraction of sp³-hybridized carbons (Fsp3) is 0.824. The maximum absolute atomic E-state index is 12.1. The first-order valence-electron chi connectivity index (χ1n) is 9.39. The molecule has 2 unspecified atom stereocenters. The van der Waals surface area contributed by atoms with E-state index in [0.29, 0.717) is 26.4 Å². The Balaban J connectivity index is 0.00000261. The topological polar surface area (TPSA) is 104 Å². The number of carbonyl (C=O) groups excluding carboxylic acids is 2. The Labute approximate surface area is 177 Å². The second kappa shape index (κ2) is 9.87. The van der Waals surface area contributed by atoms with Crippen molar-refractivity contribution >= 4 is 41.9 Å². The predicted octanol–water partition coefficient (Wildman–Crippen LogP) is 0.295. The van der Waals surface area contributed by atoms with E-state index < -0.39 is 11.6 Å². The summed E-state index contributed by atoms with van der Waals surface area (Å²) in [6.45, 7) is 8.64. The fourth-order valence-corrected chi connectivity index (χ4v) is 3.77. The van der Waals surface area contributed by atoms with Crippen LogP contribution in [0.15, 0.2) is 4.99 Å². The van der Waals surface area contributed by atoms with Gasteiger partial charge in [-0.15, -0.1) is 24.0 Å². The van der Waals surface area contributed by atoms with Gasteiger partial charge in [0.2, 0.25) is 0 Å². The highest BCUT2D eigenvalue weighted by atomic mass is 127.